The molecule has 0 spiro atoms. The molecule has 0 aliphatic heterocycles. The molecular formula is C14H16BrNO. The van der Waals surface area contributed by atoms with Crippen LogP contribution >= 0.6 is 15.9 Å². The van der Waals surface area contributed by atoms with Crippen molar-refractivity contribution in [3.63, 3.8) is 0 Å². The van der Waals surface area contributed by atoms with Crippen molar-refractivity contribution in [1.29, 1.82) is 0 Å². The molecule has 2 rings (SSSR count). The Labute approximate surface area is 110 Å². The van der Waals surface area contributed by atoms with Gasteiger partial charge in [0.05, 0.1) is 12.8 Å². The highest BCUT2D eigenvalue weighted by Gasteiger charge is 2.09. The van der Waals surface area contributed by atoms with Crippen LogP contribution in [-0.4, -0.2) is 0 Å². The van der Waals surface area contributed by atoms with Crippen molar-refractivity contribution in [2.24, 2.45) is 0 Å². The zero-order chi connectivity index (χ0) is 12.3. The van der Waals surface area contributed by atoms with Crippen LogP contribution in [0.15, 0.2) is 45.5 Å². The third kappa shape index (κ3) is 2.99. The quantitative estimate of drug-likeness (QED) is 0.914. The molecule has 17 heavy (non-hydrogen) atoms. The highest BCUT2D eigenvalue weighted by atomic mass is 79.9. The van der Waals surface area contributed by atoms with E-state index in [1.807, 2.05) is 12.1 Å². The van der Waals surface area contributed by atoms with E-state index in [0.717, 1.165) is 16.8 Å². The molecule has 1 aromatic heterocycles. The predicted octanol–water partition coefficient (Wildman–Crippen LogP) is 4.20. The second-order valence-electron chi connectivity index (χ2n) is 4.15. The van der Waals surface area contributed by atoms with Crippen molar-refractivity contribution >= 4 is 15.9 Å². The molecule has 0 amide bonds. The van der Waals surface area contributed by atoms with Crippen molar-refractivity contribution < 1.29 is 4.42 Å². The fourth-order valence-electron chi connectivity index (χ4n) is 1.77. The predicted molar refractivity (Wildman–Crippen MR) is 72.8 cm³/mol. The van der Waals surface area contributed by atoms with Crippen LogP contribution in [-0.2, 0) is 6.54 Å². The van der Waals surface area contributed by atoms with Crippen LogP contribution in [0.25, 0.3) is 0 Å². The Balaban J connectivity index is 2.01. The molecule has 0 saturated heterocycles. The summed E-state index contributed by atoms with van der Waals surface area (Å²) >= 11 is 3.57. The van der Waals surface area contributed by atoms with Crippen LogP contribution in [0.3, 0.4) is 0 Å². The minimum atomic E-state index is 0.287. The Hall–Kier alpha value is -1.06. The molecule has 90 valence electrons. The topological polar surface area (TPSA) is 25.2 Å². The molecule has 2 nitrogen and oxygen atoms in total. The molecule has 0 aliphatic rings. The summed E-state index contributed by atoms with van der Waals surface area (Å²) < 4.78 is 6.54. The highest BCUT2D eigenvalue weighted by Crippen LogP contribution is 2.23. The number of hydrogen-bond donors (Lipinski definition) is 1. The largest absolute Gasteiger partial charge is 0.468 e. The van der Waals surface area contributed by atoms with Crippen molar-refractivity contribution in [3.8, 4) is 0 Å². The SMILES string of the molecule is Cc1ccoc1CN[C@H](C)c1ccccc1Br. The minimum absolute atomic E-state index is 0.287. The summed E-state index contributed by atoms with van der Waals surface area (Å²) in [6, 6.07) is 10.5. The second-order valence-corrected chi connectivity index (χ2v) is 5.01. The molecule has 1 heterocycles. The van der Waals surface area contributed by atoms with Crippen molar-refractivity contribution in [2.75, 3.05) is 0 Å². The fraction of sp³-hybridized carbons (Fsp3) is 0.286. The van der Waals surface area contributed by atoms with Crippen LogP contribution in [0.1, 0.15) is 29.9 Å². The van der Waals surface area contributed by atoms with Gasteiger partial charge in [-0.15, -0.1) is 0 Å². The van der Waals surface area contributed by atoms with E-state index in [1.165, 1.54) is 11.1 Å². The number of benzene rings is 1. The van der Waals surface area contributed by atoms with Gasteiger partial charge in [0.25, 0.3) is 0 Å². The molecule has 0 unspecified atom stereocenters. The molecule has 0 bridgehead atoms. The molecule has 0 saturated carbocycles. The summed E-state index contributed by atoms with van der Waals surface area (Å²) in [6.07, 6.45) is 1.73. The Kier molecular flexibility index (Phi) is 4.02. The first kappa shape index (κ1) is 12.4. The maximum absolute atomic E-state index is 5.41. The van der Waals surface area contributed by atoms with Gasteiger partial charge in [-0.3, -0.25) is 0 Å². The second kappa shape index (κ2) is 5.52. The lowest BCUT2D eigenvalue weighted by molar-refractivity contribution is 0.457. The molecule has 0 aliphatic carbocycles. The van der Waals surface area contributed by atoms with Gasteiger partial charge in [-0.25, -0.2) is 0 Å². The van der Waals surface area contributed by atoms with Gasteiger partial charge < -0.3 is 9.73 Å². The number of hydrogen-bond acceptors (Lipinski definition) is 2. The smallest absolute Gasteiger partial charge is 0.120 e. The number of halogens is 1. The molecule has 1 atom stereocenters. The van der Waals surface area contributed by atoms with Gasteiger partial charge in [-0.2, -0.15) is 0 Å². The maximum Gasteiger partial charge on any atom is 0.120 e. The number of furan rings is 1. The van der Waals surface area contributed by atoms with Crippen LogP contribution in [0.5, 0.6) is 0 Å². The third-order valence-electron chi connectivity index (χ3n) is 2.91. The lowest BCUT2D eigenvalue weighted by Gasteiger charge is -2.15. The van der Waals surface area contributed by atoms with Gasteiger partial charge >= 0.3 is 0 Å². The van der Waals surface area contributed by atoms with Gasteiger partial charge in [-0.1, -0.05) is 34.1 Å². The zero-order valence-electron chi connectivity index (χ0n) is 10.0. The summed E-state index contributed by atoms with van der Waals surface area (Å²) in [5.41, 5.74) is 2.45. The summed E-state index contributed by atoms with van der Waals surface area (Å²) in [6.45, 7) is 4.96. The van der Waals surface area contributed by atoms with Gasteiger partial charge in [0.1, 0.15) is 5.76 Å². The van der Waals surface area contributed by atoms with Crippen molar-refractivity contribution in [1.82, 2.24) is 5.32 Å². The molecule has 2 aromatic rings. The summed E-state index contributed by atoms with van der Waals surface area (Å²) in [7, 11) is 0. The number of aryl methyl sites for hydroxylation is 1. The van der Waals surface area contributed by atoms with Gasteiger partial charge in [0.2, 0.25) is 0 Å². The Morgan fingerprint density at radius 2 is 2.06 bits per heavy atom. The fourth-order valence-corrected chi connectivity index (χ4v) is 2.40. The van der Waals surface area contributed by atoms with Crippen LogP contribution in [0.4, 0.5) is 0 Å². The highest BCUT2D eigenvalue weighted by molar-refractivity contribution is 9.10. The number of nitrogens with one attached hydrogen (secondary N) is 1. The van der Waals surface area contributed by atoms with Crippen molar-refractivity contribution in [3.05, 3.63) is 58.0 Å². The van der Waals surface area contributed by atoms with Crippen molar-refractivity contribution in [2.45, 2.75) is 26.4 Å². The Morgan fingerprint density at radius 1 is 1.29 bits per heavy atom. The van der Waals surface area contributed by atoms with E-state index in [2.05, 4.69) is 53.3 Å². The van der Waals surface area contributed by atoms with Crippen LogP contribution < -0.4 is 5.32 Å². The first-order valence-corrected chi connectivity index (χ1v) is 6.48. The first-order chi connectivity index (χ1) is 8.18. The summed E-state index contributed by atoms with van der Waals surface area (Å²) in [4.78, 5) is 0. The summed E-state index contributed by atoms with van der Waals surface area (Å²) in [5.74, 6) is 1.00. The number of rotatable bonds is 4. The molecule has 0 fully saturated rings. The molecule has 0 radical (unpaired) electrons. The first-order valence-electron chi connectivity index (χ1n) is 5.69. The van der Waals surface area contributed by atoms with E-state index < -0.39 is 0 Å². The lowest BCUT2D eigenvalue weighted by Crippen LogP contribution is -2.18. The van der Waals surface area contributed by atoms with E-state index in [1.54, 1.807) is 6.26 Å². The average molecular weight is 294 g/mol. The van der Waals surface area contributed by atoms with E-state index >= 15 is 0 Å². The summed E-state index contributed by atoms with van der Waals surface area (Å²) in [5, 5.41) is 3.46. The van der Waals surface area contributed by atoms with Crippen LogP contribution in [0.2, 0.25) is 0 Å². The van der Waals surface area contributed by atoms with E-state index in [0.29, 0.717) is 0 Å². The molecular weight excluding hydrogens is 278 g/mol. The van der Waals surface area contributed by atoms with Crippen LogP contribution in [0, 0.1) is 6.92 Å². The minimum Gasteiger partial charge on any atom is -0.468 e. The Morgan fingerprint density at radius 3 is 2.71 bits per heavy atom. The maximum atomic E-state index is 5.41. The molecule has 1 aromatic carbocycles. The molecule has 3 heteroatoms. The van der Waals surface area contributed by atoms with Gasteiger partial charge in [0.15, 0.2) is 0 Å². The van der Waals surface area contributed by atoms with E-state index in [9.17, 15) is 0 Å². The average Bonchev–Trinajstić information content (AvgIpc) is 2.72. The normalized spacial score (nSPS) is 12.6. The molecule has 1 N–H and O–H groups in total. The standard InChI is InChI=1S/C14H16BrNO/c1-10-7-8-17-14(10)9-16-11(2)12-5-3-4-6-13(12)15/h3-8,11,16H,9H2,1-2H3/t11-/m1/s1. The zero-order valence-corrected chi connectivity index (χ0v) is 11.6. The van der Waals surface area contributed by atoms with Gasteiger partial charge in [-0.05, 0) is 37.1 Å². The lowest BCUT2D eigenvalue weighted by atomic mass is 10.1. The van der Waals surface area contributed by atoms with Gasteiger partial charge in [0, 0.05) is 10.5 Å². The Bertz CT molecular complexity index is 492. The third-order valence-corrected chi connectivity index (χ3v) is 3.63. The monoisotopic (exact) mass is 293 g/mol. The van der Waals surface area contributed by atoms with E-state index in [4.69, 9.17) is 4.42 Å². The van der Waals surface area contributed by atoms with E-state index in [-0.39, 0.29) is 6.04 Å².